The summed E-state index contributed by atoms with van der Waals surface area (Å²) in [5.41, 5.74) is 9.35. The van der Waals surface area contributed by atoms with Gasteiger partial charge < -0.3 is 10.6 Å². The van der Waals surface area contributed by atoms with Crippen molar-refractivity contribution in [3.05, 3.63) is 63.6 Å². The molecule has 0 bridgehead atoms. The molecule has 0 saturated carbocycles. The summed E-state index contributed by atoms with van der Waals surface area (Å²) in [5.74, 6) is 0. The summed E-state index contributed by atoms with van der Waals surface area (Å²) in [6.45, 7) is 1.19. The molecule has 0 amide bonds. The molecule has 2 aromatic rings. The number of anilines is 1. The summed E-state index contributed by atoms with van der Waals surface area (Å²) in [6.07, 6.45) is 0. The van der Waals surface area contributed by atoms with Crippen molar-refractivity contribution in [1.29, 1.82) is 5.26 Å². The summed E-state index contributed by atoms with van der Waals surface area (Å²) in [7, 11) is 1.99. The van der Waals surface area contributed by atoms with E-state index in [4.69, 9.17) is 5.73 Å². The second-order valence-electron chi connectivity index (χ2n) is 4.65. The van der Waals surface area contributed by atoms with Crippen LogP contribution in [0.15, 0.2) is 46.9 Å². The number of nitrogens with two attached hydrogens (primary N) is 1. The van der Waals surface area contributed by atoms with E-state index in [1.54, 1.807) is 0 Å². The average molecular weight is 330 g/mol. The van der Waals surface area contributed by atoms with Crippen molar-refractivity contribution in [2.24, 2.45) is 5.73 Å². The maximum absolute atomic E-state index is 9.27. The first-order valence-corrected chi connectivity index (χ1v) is 7.12. The van der Waals surface area contributed by atoms with Crippen LogP contribution in [0.4, 0.5) is 5.69 Å². The molecule has 0 aromatic heterocycles. The van der Waals surface area contributed by atoms with Gasteiger partial charge in [0.2, 0.25) is 0 Å². The Bertz CT molecular complexity index is 646. The Hall–Kier alpha value is -1.83. The molecule has 4 heteroatoms. The Balaban J connectivity index is 2.25. The van der Waals surface area contributed by atoms with Crippen LogP contribution in [0.25, 0.3) is 0 Å². The molecule has 2 aromatic carbocycles. The Kier molecular flexibility index (Phi) is 4.78. The van der Waals surface area contributed by atoms with Crippen LogP contribution < -0.4 is 10.6 Å². The van der Waals surface area contributed by atoms with Gasteiger partial charge in [-0.25, -0.2) is 0 Å². The zero-order valence-electron chi connectivity index (χ0n) is 11.3. The predicted molar refractivity (Wildman–Crippen MR) is 85.3 cm³/mol. The fourth-order valence-corrected chi connectivity index (χ4v) is 2.57. The number of nitrogens with zero attached hydrogens (tertiary/aromatic N) is 2. The van der Waals surface area contributed by atoms with Gasteiger partial charge >= 0.3 is 0 Å². The monoisotopic (exact) mass is 329 g/mol. The van der Waals surface area contributed by atoms with Gasteiger partial charge in [0.1, 0.15) is 6.07 Å². The van der Waals surface area contributed by atoms with E-state index in [-0.39, 0.29) is 0 Å². The largest absolute Gasteiger partial charge is 0.369 e. The van der Waals surface area contributed by atoms with Gasteiger partial charge in [-0.1, -0.05) is 34.1 Å². The third-order valence-electron chi connectivity index (χ3n) is 3.14. The highest BCUT2D eigenvalue weighted by Gasteiger charge is 2.09. The van der Waals surface area contributed by atoms with Gasteiger partial charge in [0, 0.05) is 24.6 Å². The van der Waals surface area contributed by atoms with Crippen molar-refractivity contribution in [3.63, 3.8) is 0 Å². The van der Waals surface area contributed by atoms with Gasteiger partial charge in [-0.05, 0) is 35.4 Å². The topological polar surface area (TPSA) is 53.0 Å². The summed E-state index contributed by atoms with van der Waals surface area (Å²) in [6, 6.07) is 16.2. The summed E-state index contributed by atoms with van der Waals surface area (Å²) < 4.78 is 1.06. The van der Waals surface area contributed by atoms with Gasteiger partial charge in [0.25, 0.3) is 0 Å². The van der Waals surface area contributed by atoms with E-state index in [9.17, 15) is 5.26 Å². The van der Waals surface area contributed by atoms with Crippen molar-refractivity contribution in [1.82, 2.24) is 0 Å². The Morgan fingerprint density at radius 1 is 1.20 bits per heavy atom. The average Bonchev–Trinajstić information content (AvgIpc) is 2.46. The molecule has 3 nitrogen and oxygen atoms in total. The maximum Gasteiger partial charge on any atom is 0.101 e. The molecule has 0 unspecified atom stereocenters. The number of benzene rings is 2. The van der Waals surface area contributed by atoms with E-state index in [1.165, 1.54) is 5.56 Å². The highest BCUT2D eigenvalue weighted by atomic mass is 79.9. The number of rotatable bonds is 4. The SMILES string of the molecule is CN(Cc1cccc(Br)c1)c1ccc(CN)cc1C#N. The molecule has 0 aliphatic carbocycles. The van der Waals surface area contributed by atoms with Crippen LogP contribution >= 0.6 is 15.9 Å². The van der Waals surface area contributed by atoms with Crippen molar-refractivity contribution >= 4 is 21.6 Å². The molecule has 2 rings (SSSR count). The molecule has 0 aliphatic rings. The van der Waals surface area contributed by atoms with Crippen molar-refractivity contribution in [2.45, 2.75) is 13.1 Å². The fraction of sp³-hybridized carbons (Fsp3) is 0.188. The highest BCUT2D eigenvalue weighted by Crippen LogP contribution is 2.23. The Morgan fingerprint density at radius 3 is 2.65 bits per heavy atom. The summed E-state index contributed by atoms with van der Waals surface area (Å²) in [4.78, 5) is 2.07. The van der Waals surface area contributed by atoms with Gasteiger partial charge in [-0.3, -0.25) is 0 Å². The Morgan fingerprint density at radius 2 is 2.00 bits per heavy atom. The smallest absolute Gasteiger partial charge is 0.101 e. The van der Waals surface area contributed by atoms with E-state index in [0.29, 0.717) is 12.1 Å². The molecule has 0 spiro atoms. The number of hydrogen-bond acceptors (Lipinski definition) is 3. The van der Waals surface area contributed by atoms with Crippen molar-refractivity contribution in [2.75, 3.05) is 11.9 Å². The van der Waals surface area contributed by atoms with E-state index in [0.717, 1.165) is 22.3 Å². The van der Waals surface area contributed by atoms with E-state index < -0.39 is 0 Å². The fourth-order valence-electron chi connectivity index (χ4n) is 2.13. The standard InChI is InChI=1S/C16H16BrN3/c1-20(11-13-3-2-4-15(17)8-13)16-6-5-12(9-18)7-14(16)10-19/h2-8H,9,11,18H2,1H3. The molecule has 0 radical (unpaired) electrons. The number of halogens is 1. The van der Waals surface area contributed by atoms with Crippen molar-refractivity contribution in [3.8, 4) is 6.07 Å². The zero-order valence-corrected chi connectivity index (χ0v) is 12.9. The lowest BCUT2D eigenvalue weighted by molar-refractivity contribution is 0.918. The number of nitriles is 1. The molecule has 102 valence electrons. The minimum Gasteiger partial charge on any atom is -0.369 e. The Labute approximate surface area is 127 Å². The van der Waals surface area contributed by atoms with Gasteiger partial charge in [0.05, 0.1) is 11.3 Å². The highest BCUT2D eigenvalue weighted by molar-refractivity contribution is 9.10. The van der Waals surface area contributed by atoms with Crippen LogP contribution in [0, 0.1) is 11.3 Å². The van der Waals surface area contributed by atoms with E-state index in [2.05, 4.69) is 39.0 Å². The quantitative estimate of drug-likeness (QED) is 0.935. The molecule has 0 heterocycles. The second-order valence-corrected chi connectivity index (χ2v) is 5.57. The molecule has 2 N–H and O–H groups in total. The lowest BCUT2D eigenvalue weighted by Gasteiger charge is -2.21. The van der Waals surface area contributed by atoms with Crippen LogP contribution in [-0.4, -0.2) is 7.05 Å². The molecular formula is C16H16BrN3. The maximum atomic E-state index is 9.27. The molecule has 0 atom stereocenters. The van der Waals surface area contributed by atoms with Crippen LogP contribution in [0.3, 0.4) is 0 Å². The third-order valence-corrected chi connectivity index (χ3v) is 3.63. The van der Waals surface area contributed by atoms with E-state index in [1.807, 2.05) is 37.4 Å². The minimum absolute atomic E-state index is 0.449. The lowest BCUT2D eigenvalue weighted by atomic mass is 10.1. The first kappa shape index (κ1) is 14.6. The zero-order chi connectivity index (χ0) is 14.5. The van der Waals surface area contributed by atoms with Gasteiger partial charge in [0.15, 0.2) is 0 Å². The van der Waals surface area contributed by atoms with Crippen LogP contribution in [-0.2, 0) is 13.1 Å². The van der Waals surface area contributed by atoms with Crippen molar-refractivity contribution < 1.29 is 0 Å². The second kappa shape index (κ2) is 6.56. The minimum atomic E-state index is 0.449. The first-order chi connectivity index (χ1) is 9.63. The molecular weight excluding hydrogens is 314 g/mol. The third kappa shape index (κ3) is 3.38. The molecule has 0 saturated heterocycles. The first-order valence-electron chi connectivity index (χ1n) is 6.32. The van der Waals surface area contributed by atoms with Crippen LogP contribution in [0.2, 0.25) is 0 Å². The number of hydrogen-bond donors (Lipinski definition) is 1. The lowest BCUT2D eigenvalue weighted by Crippen LogP contribution is -2.17. The van der Waals surface area contributed by atoms with Crippen LogP contribution in [0.1, 0.15) is 16.7 Å². The van der Waals surface area contributed by atoms with E-state index >= 15 is 0 Å². The van der Waals surface area contributed by atoms with Crippen LogP contribution in [0.5, 0.6) is 0 Å². The predicted octanol–water partition coefficient (Wildman–Crippen LogP) is 3.42. The molecule has 0 aliphatic heterocycles. The molecule has 20 heavy (non-hydrogen) atoms. The van der Waals surface area contributed by atoms with Gasteiger partial charge in [-0.15, -0.1) is 0 Å². The normalized spacial score (nSPS) is 10.1. The van der Waals surface area contributed by atoms with Gasteiger partial charge in [-0.2, -0.15) is 5.26 Å². The molecule has 0 fully saturated rings. The summed E-state index contributed by atoms with van der Waals surface area (Å²) in [5, 5.41) is 9.27. The summed E-state index contributed by atoms with van der Waals surface area (Å²) >= 11 is 3.47.